The molecule has 0 saturated carbocycles. The number of aryl methyl sites for hydroxylation is 1. The summed E-state index contributed by atoms with van der Waals surface area (Å²) in [5, 5.41) is 25.2. The molecule has 2 aromatic rings. The van der Waals surface area contributed by atoms with Crippen molar-refractivity contribution < 1.29 is 9.90 Å². The first-order chi connectivity index (χ1) is 9.02. The number of halogens is 1. The maximum atomic E-state index is 12.0. The summed E-state index contributed by atoms with van der Waals surface area (Å²) in [6, 6.07) is 6.05. The Bertz CT molecular complexity index is 688. The van der Waals surface area contributed by atoms with Gasteiger partial charge in [-0.2, -0.15) is 10.4 Å². The first-order valence-corrected chi connectivity index (χ1v) is 5.62. The summed E-state index contributed by atoms with van der Waals surface area (Å²) in [5.74, 6) is -0.505. The minimum Gasteiger partial charge on any atom is -0.507 e. The molecule has 96 valence electrons. The molecule has 0 atom stereocenters. The van der Waals surface area contributed by atoms with Crippen LogP contribution in [-0.2, 0) is 7.05 Å². The van der Waals surface area contributed by atoms with Gasteiger partial charge in [0.2, 0.25) is 0 Å². The van der Waals surface area contributed by atoms with Gasteiger partial charge in [0, 0.05) is 12.1 Å². The van der Waals surface area contributed by atoms with Crippen LogP contribution in [0.3, 0.4) is 0 Å². The van der Waals surface area contributed by atoms with Crippen LogP contribution in [0.25, 0.3) is 0 Å². The van der Waals surface area contributed by atoms with E-state index in [0.717, 1.165) is 0 Å². The highest BCUT2D eigenvalue weighted by Crippen LogP contribution is 2.23. The first kappa shape index (κ1) is 12.9. The Balaban J connectivity index is 2.34. The molecule has 2 N–H and O–H groups in total. The molecule has 1 aromatic heterocycles. The van der Waals surface area contributed by atoms with Crippen LogP contribution in [0.5, 0.6) is 5.75 Å². The predicted octanol–water partition coefficient (Wildman–Crippen LogP) is 1.90. The molecule has 1 amide bonds. The minimum atomic E-state index is -0.569. The van der Waals surface area contributed by atoms with E-state index in [9.17, 15) is 9.90 Å². The van der Waals surface area contributed by atoms with Crippen molar-refractivity contribution in [3.05, 3.63) is 40.5 Å². The largest absolute Gasteiger partial charge is 0.507 e. The third-order valence-corrected chi connectivity index (χ3v) is 2.73. The summed E-state index contributed by atoms with van der Waals surface area (Å²) in [7, 11) is 1.59. The summed E-state index contributed by atoms with van der Waals surface area (Å²) >= 11 is 5.77. The van der Waals surface area contributed by atoms with Crippen LogP contribution in [0.15, 0.2) is 24.4 Å². The van der Waals surface area contributed by atoms with Gasteiger partial charge in [-0.25, -0.2) is 0 Å². The Morgan fingerprint density at radius 1 is 1.58 bits per heavy atom. The third kappa shape index (κ3) is 2.51. The number of hydrogen-bond acceptors (Lipinski definition) is 4. The van der Waals surface area contributed by atoms with Gasteiger partial charge in [0.15, 0.2) is 0 Å². The molecule has 0 aliphatic heterocycles. The molecular formula is C12H9ClN4O2. The van der Waals surface area contributed by atoms with Crippen molar-refractivity contribution in [2.75, 3.05) is 5.32 Å². The Labute approximate surface area is 113 Å². The number of hydrogen-bond donors (Lipinski definition) is 2. The molecule has 0 saturated heterocycles. The fraction of sp³-hybridized carbons (Fsp3) is 0.0833. The lowest BCUT2D eigenvalue weighted by Gasteiger charge is -2.07. The van der Waals surface area contributed by atoms with Crippen molar-refractivity contribution in [2.45, 2.75) is 0 Å². The lowest BCUT2D eigenvalue weighted by Crippen LogP contribution is -2.15. The molecule has 0 bridgehead atoms. The average Bonchev–Trinajstić information content (AvgIpc) is 2.73. The zero-order valence-electron chi connectivity index (χ0n) is 9.88. The van der Waals surface area contributed by atoms with E-state index in [2.05, 4.69) is 10.4 Å². The molecule has 0 spiro atoms. The van der Waals surface area contributed by atoms with Crippen LogP contribution in [0.1, 0.15) is 15.9 Å². The second-order valence-electron chi connectivity index (χ2n) is 3.76. The van der Waals surface area contributed by atoms with Gasteiger partial charge in [-0.05, 0) is 18.2 Å². The summed E-state index contributed by atoms with van der Waals surface area (Å²) in [4.78, 5) is 12.0. The van der Waals surface area contributed by atoms with Crippen LogP contribution in [0.2, 0.25) is 5.02 Å². The van der Waals surface area contributed by atoms with E-state index < -0.39 is 5.91 Å². The summed E-state index contributed by atoms with van der Waals surface area (Å²) < 4.78 is 1.36. The standard InChI is InChI=1S/C12H9ClN4O2/c1-17-11(7(5-14)6-15-17)16-12(19)9-4-8(13)2-3-10(9)18/h2-4,6,18H,1H3,(H,16,19). The molecular weight excluding hydrogens is 268 g/mol. The molecule has 0 fully saturated rings. The highest BCUT2D eigenvalue weighted by atomic mass is 35.5. The number of carbonyl (C=O) groups is 1. The molecule has 0 aliphatic rings. The lowest BCUT2D eigenvalue weighted by atomic mass is 10.2. The number of rotatable bonds is 2. The van der Waals surface area contributed by atoms with E-state index in [1.807, 2.05) is 6.07 Å². The highest BCUT2D eigenvalue weighted by Gasteiger charge is 2.16. The van der Waals surface area contributed by atoms with Crippen molar-refractivity contribution in [2.24, 2.45) is 7.05 Å². The van der Waals surface area contributed by atoms with Crippen molar-refractivity contribution in [1.29, 1.82) is 5.26 Å². The van der Waals surface area contributed by atoms with Crippen LogP contribution < -0.4 is 5.32 Å². The molecule has 7 heteroatoms. The number of anilines is 1. The minimum absolute atomic E-state index is 0.0255. The highest BCUT2D eigenvalue weighted by molar-refractivity contribution is 6.31. The third-order valence-electron chi connectivity index (χ3n) is 2.49. The number of benzene rings is 1. The molecule has 0 unspecified atom stereocenters. The van der Waals surface area contributed by atoms with Crippen molar-refractivity contribution in [3.63, 3.8) is 0 Å². The smallest absolute Gasteiger partial charge is 0.260 e. The van der Waals surface area contributed by atoms with Gasteiger partial charge in [-0.15, -0.1) is 0 Å². The number of phenols is 1. The number of aromatic nitrogens is 2. The zero-order chi connectivity index (χ0) is 14.0. The van der Waals surface area contributed by atoms with Gasteiger partial charge in [0.25, 0.3) is 5.91 Å². The molecule has 0 radical (unpaired) electrons. The van der Waals surface area contributed by atoms with Gasteiger partial charge >= 0.3 is 0 Å². The Morgan fingerprint density at radius 2 is 2.32 bits per heavy atom. The van der Waals surface area contributed by atoms with E-state index in [1.54, 1.807) is 7.05 Å². The van der Waals surface area contributed by atoms with Crippen molar-refractivity contribution in [1.82, 2.24) is 9.78 Å². The summed E-state index contributed by atoms with van der Waals surface area (Å²) in [6.07, 6.45) is 1.34. The van der Waals surface area contributed by atoms with Crippen molar-refractivity contribution in [3.8, 4) is 11.8 Å². The molecule has 1 heterocycles. The zero-order valence-corrected chi connectivity index (χ0v) is 10.6. The second kappa shape index (κ2) is 5.00. The number of nitrogens with zero attached hydrogens (tertiary/aromatic N) is 3. The summed E-state index contributed by atoms with van der Waals surface area (Å²) in [5.41, 5.74) is 0.259. The van der Waals surface area contributed by atoms with Gasteiger partial charge in [-0.3, -0.25) is 9.48 Å². The fourth-order valence-electron chi connectivity index (χ4n) is 1.53. The van der Waals surface area contributed by atoms with Crippen LogP contribution in [0.4, 0.5) is 5.82 Å². The lowest BCUT2D eigenvalue weighted by molar-refractivity contribution is 0.102. The topological polar surface area (TPSA) is 90.9 Å². The Morgan fingerprint density at radius 3 is 3.00 bits per heavy atom. The van der Waals surface area contributed by atoms with E-state index in [0.29, 0.717) is 5.02 Å². The number of nitriles is 1. The Hall–Kier alpha value is -2.52. The van der Waals surface area contributed by atoms with Gasteiger partial charge in [0.05, 0.1) is 11.8 Å². The van der Waals surface area contributed by atoms with Gasteiger partial charge in [-0.1, -0.05) is 11.6 Å². The number of amides is 1. The van der Waals surface area contributed by atoms with Crippen LogP contribution in [0, 0.1) is 11.3 Å². The monoisotopic (exact) mass is 276 g/mol. The van der Waals surface area contributed by atoms with E-state index in [-0.39, 0.29) is 22.7 Å². The van der Waals surface area contributed by atoms with Crippen molar-refractivity contribution >= 4 is 23.3 Å². The molecule has 1 aromatic carbocycles. The van der Waals surface area contributed by atoms with E-state index in [1.165, 1.54) is 29.1 Å². The Kier molecular flexibility index (Phi) is 3.40. The van der Waals surface area contributed by atoms with Crippen LogP contribution in [-0.4, -0.2) is 20.8 Å². The predicted molar refractivity (Wildman–Crippen MR) is 69.0 cm³/mol. The van der Waals surface area contributed by atoms with Crippen LogP contribution >= 0.6 is 11.6 Å². The van der Waals surface area contributed by atoms with Gasteiger partial charge in [0.1, 0.15) is 23.2 Å². The SMILES string of the molecule is Cn1ncc(C#N)c1NC(=O)c1cc(Cl)ccc1O. The first-order valence-electron chi connectivity index (χ1n) is 5.25. The number of phenolic OH excluding ortho intramolecular Hbond substituents is 1. The molecule has 0 aliphatic carbocycles. The fourth-order valence-corrected chi connectivity index (χ4v) is 1.70. The normalized spacial score (nSPS) is 9.95. The molecule has 6 nitrogen and oxygen atoms in total. The maximum Gasteiger partial charge on any atom is 0.260 e. The quantitative estimate of drug-likeness (QED) is 0.876. The second-order valence-corrected chi connectivity index (χ2v) is 4.19. The molecule has 2 rings (SSSR count). The average molecular weight is 277 g/mol. The van der Waals surface area contributed by atoms with E-state index in [4.69, 9.17) is 16.9 Å². The van der Waals surface area contributed by atoms with E-state index >= 15 is 0 Å². The van der Waals surface area contributed by atoms with Gasteiger partial charge < -0.3 is 10.4 Å². The number of nitrogens with one attached hydrogen (secondary N) is 1. The number of aromatic hydroxyl groups is 1. The summed E-state index contributed by atoms with van der Waals surface area (Å²) in [6.45, 7) is 0. The number of carbonyl (C=O) groups excluding carboxylic acids is 1. The maximum absolute atomic E-state index is 12.0. The molecule has 19 heavy (non-hydrogen) atoms.